The van der Waals surface area contributed by atoms with E-state index in [4.69, 9.17) is 9.15 Å². The predicted molar refractivity (Wildman–Crippen MR) is 70.6 cm³/mol. The first-order valence-corrected chi connectivity index (χ1v) is 6.08. The number of esters is 1. The maximum Gasteiger partial charge on any atom is 0.341 e. The first-order chi connectivity index (χ1) is 9.61. The molecular weight excluding hydrogens is 262 g/mol. The molecule has 0 aliphatic carbocycles. The summed E-state index contributed by atoms with van der Waals surface area (Å²) < 4.78 is 10.2. The van der Waals surface area contributed by atoms with Crippen LogP contribution in [-0.2, 0) is 11.2 Å². The van der Waals surface area contributed by atoms with Crippen molar-refractivity contribution in [1.29, 1.82) is 0 Å². The van der Waals surface area contributed by atoms with E-state index in [1.807, 2.05) is 0 Å². The van der Waals surface area contributed by atoms with E-state index < -0.39 is 10.9 Å². The second-order valence-corrected chi connectivity index (χ2v) is 4.08. The van der Waals surface area contributed by atoms with Gasteiger partial charge in [0, 0.05) is 18.6 Å². The van der Waals surface area contributed by atoms with Gasteiger partial charge in [0.25, 0.3) is 5.69 Å². The molecule has 0 radical (unpaired) electrons. The Bertz CT molecular complexity index is 615. The molecule has 0 aliphatic heterocycles. The van der Waals surface area contributed by atoms with Crippen LogP contribution in [0, 0.1) is 10.1 Å². The van der Waals surface area contributed by atoms with E-state index in [0.717, 1.165) is 5.56 Å². The van der Waals surface area contributed by atoms with Gasteiger partial charge in [-0.15, -0.1) is 0 Å². The number of rotatable bonds is 5. The highest BCUT2D eigenvalue weighted by Gasteiger charge is 2.16. The van der Waals surface area contributed by atoms with Crippen molar-refractivity contribution in [3.8, 4) is 0 Å². The fourth-order valence-corrected chi connectivity index (χ4v) is 1.79. The molecule has 1 aromatic heterocycles. The van der Waals surface area contributed by atoms with Crippen molar-refractivity contribution < 1.29 is 18.9 Å². The highest BCUT2D eigenvalue weighted by atomic mass is 16.6. The maximum atomic E-state index is 11.7. The van der Waals surface area contributed by atoms with Crippen molar-refractivity contribution in [1.82, 2.24) is 0 Å². The summed E-state index contributed by atoms with van der Waals surface area (Å²) >= 11 is 0. The lowest BCUT2D eigenvalue weighted by atomic mass is 10.1. The molecule has 20 heavy (non-hydrogen) atoms. The molecule has 1 aromatic carbocycles. The summed E-state index contributed by atoms with van der Waals surface area (Å²) in [6.07, 6.45) is 1.80. The summed E-state index contributed by atoms with van der Waals surface area (Å²) in [4.78, 5) is 21.8. The molecule has 6 heteroatoms. The topological polar surface area (TPSA) is 82.6 Å². The van der Waals surface area contributed by atoms with Crippen LogP contribution < -0.4 is 0 Å². The Hall–Kier alpha value is -2.63. The Morgan fingerprint density at radius 3 is 2.60 bits per heavy atom. The van der Waals surface area contributed by atoms with Gasteiger partial charge >= 0.3 is 5.97 Å². The first-order valence-electron chi connectivity index (χ1n) is 6.08. The molecule has 0 saturated heterocycles. The van der Waals surface area contributed by atoms with Gasteiger partial charge in [0.2, 0.25) is 0 Å². The molecule has 0 N–H and O–H groups in total. The van der Waals surface area contributed by atoms with E-state index in [0.29, 0.717) is 24.4 Å². The molecule has 0 bridgehead atoms. The van der Waals surface area contributed by atoms with E-state index in [1.54, 1.807) is 25.1 Å². The molecule has 0 amide bonds. The molecule has 0 unspecified atom stereocenters. The number of non-ortho nitro benzene ring substituents is 1. The Morgan fingerprint density at radius 2 is 2.00 bits per heavy atom. The van der Waals surface area contributed by atoms with Gasteiger partial charge in [0.1, 0.15) is 11.3 Å². The molecule has 6 nitrogen and oxygen atoms in total. The summed E-state index contributed by atoms with van der Waals surface area (Å²) in [6, 6.07) is 7.66. The van der Waals surface area contributed by atoms with Gasteiger partial charge in [-0.2, -0.15) is 0 Å². The van der Waals surface area contributed by atoms with Gasteiger partial charge in [-0.05, 0) is 18.6 Å². The van der Waals surface area contributed by atoms with Crippen LogP contribution in [0.25, 0.3) is 0 Å². The largest absolute Gasteiger partial charge is 0.468 e. The van der Waals surface area contributed by atoms with Crippen LogP contribution in [0.15, 0.2) is 41.0 Å². The lowest BCUT2D eigenvalue weighted by Gasteiger charge is -2.03. The third-order valence-corrected chi connectivity index (χ3v) is 2.75. The van der Waals surface area contributed by atoms with Crippen LogP contribution in [0.5, 0.6) is 0 Å². The Balaban J connectivity index is 2.16. The van der Waals surface area contributed by atoms with Gasteiger partial charge in [0.05, 0.1) is 17.8 Å². The summed E-state index contributed by atoms with van der Waals surface area (Å²) in [5.74, 6) is 0.0514. The number of carbonyl (C=O) groups excluding carboxylic acids is 1. The Morgan fingerprint density at radius 1 is 1.30 bits per heavy atom. The fourth-order valence-electron chi connectivity index (χ4n) is 1.79. The summed E-state index contributed by atoms with van der Waals surface area (Å²) in [5, 5.41) is 10.6. The summed E-state index contributed by atoms with van der Waals surface area (Å²) in [6.45, 7) is 2.02. The number of nitrogens with zero attached hydrogens (tertiary/aromatic N) is 1. The van der Waals surface area contributed by atoms with Crippen LogP contribution in [0.4, 0.5) is 5.69 Å². The Kier molecular flexibility index (Phi) is 4.14. The zero-order chi connectivity index (χ0) is 14.5. The third-order valence-electron chi connectivity index (χ3n) is 2.75. The average Bonchev–Trinajstić information content (AvgIpc) is 2.88. The van der Waals surface area contributed by atoms with E-state index in [-0.39, 0.29) is 5.69 Å². The van der Waals surface area contributed by atoms with Crippen molar-refractivity contribution in [3.63, 3.8) is 0 Å². The minimum atomic E-state index is -0.458. The smallest absolute Gasteiger partial charge is 0.341 e. The number of ether oxygens (including phenoxy) is 1. The van der Waals surface area contributed by atoms with Gasteiger partial charge in [-0.3, -0.25) is 10.1 Å². The van der Waals surface area contributed by atoms with E-state index in [9.17, 15) is 14.9 Å². The molecule has 0 fully saturated rings. The van der Waals surface area contributed by atoms with E-state index in [1.165, 1.54) is 18.4 Å². The lowest BCUT2D eigenvalue weighted by Crippen LogP contribution is -2.06. The summed E-state index contributed by atoms with van der Waals surface area (Å²) in [5.41, 5.74) is 1.22. The van der Waals surface area contributed by atoms with Crippen LogP contribution in [0.3, 0.4) is 0 Å². The number of furan rings is 1. The number of benzene rings is 1. The zero-order valence-corrected chi connectivity index (χ0v) is 10.9. The molecule has 0 atom stereocenters. The molecule has 0 spiro atoms. The van der Waals surface area contributed by atoms with Gasteiger partial charge in [0.15, 0.2) is 0 Å². The monoisotopic (exact) mass is 275 g/mol. The number of nitro benzene ring substituents is 1. The van der Waals surface area contributed by atoms with Crippen molar-refractivity contribution in [2.45, 2.75) is 13.3 Å². The second kappa shape index (κ2) is 6.01. The van der Waals surface area contributed by atoms with Crippen LogP contribution in [-0.4, -0.2) is 17.5 Å². The van der Waals surface area contributed by atoms with Crippen molar-refractivity contribution in [3.05, 3.63) is 63.6 Å². The Labute approximate surface area is 115 Å². The molecule has 2 aromatic rings. The molecule has 104 valence electrons. The first kappa shape index (κ1) is 13.8. The van der Waals surface area contributed by atoms with Gasteiger partial charge in [-0.1, -0.05) is 12.1 Å². The average molecular weight is 275 g/mol. The number of hydrogen-bond acceptors (Lipinski definition) is 5. The van der Waals surface area contributed by atoms with Crippen molar-refractivity contribution in [2.75, 3.05) is 6.61 Å². The second-order valence-electron chi connectivity index (χ2n) is 4.08. The SMILES string of the molecule is CCOC(=O)c1ccoc1Cc1ccc([N+](=O)[O-])cc1. The van der Waals surface area contributed by atoms with Gasteiger partial charge in [-0.25, -0.2) is 4.79 Å². The summed E-state index contributed by atoms with van der Waals surface area (Å²) in [7, 11) is 0. The number of carbonyl (C=O) groups is 1. The number of nitro groups is 1. The highest BCUT2D eigenvalue weighted by molar-refractivity contribution is 5.90. The fraction of sp³-hybridized carbons (Fsp3) is 0.214. The molecule has 2 rings (SSSR count). The molecule has 1 heterocycles. The maximum absolute atomic E-state index is 11.7. The van der Waals surface area contributed by atoms with Crippen molar-refractivity contribution in [2.24, 2.45) is 0 Å². The zero-order valence-electron chi connectivity index (χ0n) is 10.9. The van der Waals surface area contributed by atoms with Crippen LogP contribution >= 0.6 is 0 Å². The predicted octanol–water partition coefficient (Wildman–Crippen LogP) is 2.96. The third kappa shape index (κ3) is 3.03. The lowest BCUT2D eigenvalue weighted by molar-refractivity contribution is -0.384. The minimum absolute atomic E-state index is 0.0267. The van der Waals surface area contributed by atoms with E-state index in [2.05, 4.69) is 0 Å². The van der Waals surface area contributed by atoms with Crippen molar-refractivity contribution >= 4 is 11.7 Å². The normalized spacial score (nSPS) is 10.2. The minimum Gasteiger partial charge on any atom is -0.468 e. The van der Waals surface area contributed by atoms with Crippen LogP contribution in [0.2, 0.25) is 0 Å². The quantitative estimate of drug-likeness (QED) is 0.476. The molecule has 0 saturated carbocycles. The van der Waals surface area contributed by atoms with Gasteiger partial charge < -0.3 is 9.15 Å². The highest BCUT2D eigenvalue weighted by Crippen LogP contribution is 2.19. The van der Waals surface area contributed by atoms with E-state index >= 15 is 0 Å². The molecule has 0 aliphatic rings. The van der Waals surface area contributed by atoms with Crippen LogP contribution in [0.1, 0.15) is 28.6 Å². The standard InChI is InChI=1S/C14H13NO5/c1-2-19-14(16)12-7-8-20-13(12)9-10-3-5-11(6-4-10)15(17)18/h3-8H,2,9H2,1H3. The molecular formula is C14H13NO5. The number of hydrogen-bond donors (Lipinski definition) is 0.